The van der Waals surface area contributed by atoms with Gasteiger partial charge in [0.25, 0.3) is 0 Å². The summed E-state index contributed by atoms with van der Waals surface area (Å²) >= 11 is 0. The number of benzene rings is 1. The summed E-state index contributed by atoms with van der Waals surface area (Å²) in [6.45, 7) is 4.87. The molecular formula is C15H24N2O3. The summed E-state index contributed by atoms with van der Waals surface area (Å²) in [5, 5.41) is 14.5. The Morgan fingerprint density at radius 3 is 2.80 bits per heavy atom. The molecule has 0 saturated carbocycles. The highest BCUT2D eigenvalue weighted by molar-refractivity contribution is 5.89. The Morgan fingerprint density at radius 1 is 1.40 bits per heavy atom. The van der Waals surface area contributed by atoms with E-state index in [9.17, 15) is 4.79 Å². The zero-order chi connectivity index (χ0) is 15.0. The smallest absolute Gasteiger partial charge is 0.319 e. The van der Waals surface area contributed by atoms with Crippen LogP contribution in [0.1, 0.15) is 26.7 Å². The van der Waals surface area contributed by atoms with E-state index in [1.807, 2.05) is 12.1 Å². The zero-order valence-electron chi connectivity index (χ0n) is 12.4. The molecule has 5 nitrogen and oxygen atoms in total. The number of aliphatic hydroxyl groups is 1. The lowest BCUT2D eigenvalue weighted by Gasteiger charge is -2.24. The second-order valence-corrected chi connectivity index (χ2v) is 5.53. The minimum Gasteiger partial charge on any atom is -0.497 e. The summed E-state index contributed by atoms with van der Waals surface area (Å²) in [6.07, 6.45) is 1.61. The molecule has 0 radical (unpaired) electrons. The highest BCUT2D eigenvalue weighted by Crippen LogP contribution is 2.21. The number of urea groups is 1. The van der Waals surface area contributed by atoms with Gasteiger partial charge in [-0.1, -0.05) is 19.9 Å². The third-order valence-electron chi connectivity index (χ3n) is 3.07. The molecule has 2 amide bonds. The van der Waals surface area contributed by atoms with Gasteiger partial charge in [0.2, 0.25) is 0 Å². The summed E-state index contributed by atoms with van der Waals surface area (Å²) in [7, 11) is 1.59. The van der Waals surface area contributed by atoms with Gasteiger partial charge in [-0.3, -0.25) is 0 Å². The van der Waals surface area contributed by atoms with E-state index in [-0.39, 0.29) is 18.1 Å². The summed E-state index contributed by atoms with van der Waals surface area (Å²) in [6, 6.07) is 6.96. The summed E-state index contributed by atoms with van der Waals surface area (Å²) < 4.78 is 5.10. The Morgan fingerprint density at radius 2 is 2.15 bits per heavy atom. The number of carbonyl (C=O) groups excluding carboxylic acids is 1. The fourth-order valence-corrected chi connectivity index (χ4v) is 1.84. The van der Waals surface area contributed by atoms with E-state index in [0.717, 1.165) is 12.8 Å². The molecule has 5 heteroatoms. The minimum atomic E-state index is -0.240. The molecule has 0 aliphatic heterocycles. The molecule has 0 aromatic heterocycles. The predicted molar refractivity (Wildman–Crippen MR) is 80.1 cm³/mol. The number of nitrogens with one attached hydrogen (secondary N) is 2. The van der Waals surface area contributed by atoms with Crippen molar-refractivity contribution in [1.82, 2.24) is 5.32 Å². The largest absolute Gasteiger partial charge is 0.497 e. The Balaban J connectivity index is 2.43. The van der Waals surface area contributed by atoms with Crippen LogP contribution in [0.5, 0.6) is 5.75 Å². The molecular weight excluding hydrogens is 256 g/mol. The van der Waals surface area contributed by atoms with Gasteiger partial charge in [-0.15, -0.1) is 0 Å². The van der Waals surface area contributed by atoms with Gasteiger partial charge in [-0.25, -0.2) is 4.79 Å². The Labute approximate surface area is 120 Å². The van der Waals surface area contributed by atoms with Crippen molar-refractivity contribution in [2.45, 2.75) is 26.7 Å². The molecule has 112 valence electrons. The molecule has 0 atom stereocenters. The van der Waals surface area contributed by atoms with E-state index in [2.05, 4.69) is 24.5 Å². The number of anilines is 1. The monoisotopic (exact) mass is 280 g/mol. The van der Waals surface area contributed by atoms with Gasteiger partial charge in [0.15, 0.2) is 0 Å². The van der Waals surface area contributed by atoms with Crippen LogP contribution in [0.25, 0.3) is 0 Å². The summed E-state index contributed by atoms with van der Waals surface area (Å²) in [5.74, 6) is 0.700. The molecule has 0 aliphatic carbocycles. The molecule has 0 fully saturated rings. The van der Waals surface area contributed by atoms with Crippen LogP contribution in [0.3, 0.4) is 0 Å². The predicted octanol–water partition coefficient (Wildman–Crippen LogP) is 2.62. The number of hydrogen-bond donors (Lipinski definition) is 3. The molecule has 20 heavy (non-hydrogen) atoms. The van der Waals surface area contributed by atoms with Crippen molar-refractivity contribution >= 4 is 11.7 Å². The average molecular weight is 280 g/mol. The topological polar surface area (TPSA) is 70.6 Å². The van der Waals surface area contributed by atoms with Gasteiger partial charge >= 0.3 is 6.03 Å². The standard InChI is InChI=1S/C15H24N2O3/c1-15(2,8-5-9-18)11-16-14(19)17-12-6-4-7-13(10-12)20-3/h4,6-7,10,18H,5,8-9,11H2,1-3H3,(H2,16,17,19). The first kappa shape index (κ1) is 16.3. The van der Waals surface area contributed by atoms with Crippen LogP contribution >= 0.6 is 0 Å². The molecule has 3 N–H and O–H groups in total. The normalized spacial score (nSPS) is 11.0. The Bertz CT molecular complexity index is 433. The van der Waals surface area contributed by atoms with Gasteiger partial charge in [-0.05, 0) is 30.4 Å². The van der Waals surface area contributed by atoms with Gasteiger partial charge in [0, 0.05) is 24.9 Å². The Hall–Kier alpha value is -1.75. The molecule has 0 bridgehead atoms. The maximum Gasteiger partial charge on any atom is 0.319 e. The average Bonchev–Trinajstić information content (AvgIpc) is 2.43. The second-order valence-electron chi connectivity index (χ2n) is 5.53. The number of carbonyl (C=O) groups is 1. The number of amides is 2. The third-order valence-corrected chi connectivity index (χ3v) is 3.07. The maximum absolute atomic E-state index is 11.8. The zero-order valence-corrected chi connectivity index (χ0v) is 12.4. The quantitative estimate of drug-likeness (QED) is 0.719. The van der Waals surface area contributed by atoms with Crippen LogP contribution in [-0.2, 0) is 0 Å². The second kappa shape index (κ2) is 7.75. The van der Waals surface area contributed by atoms with Crippen molar-refractivity contribution in [2.75, 3.05) is 25.6 Å². The highest BCUT2D eigenvalue weighted by atomic mass is 16.5. The van der Waals surface area contributed by atoms with E-state index < -0.39 is 0 Å². The van der Waals surface area contributed by atoms with E-state index in [0.29, 0.717) is 18.0 Å². The highest BCUT2D eigenvalue weighted by Gasteiger charge is 2.18. The molecule has 1 rings (SSSR count). The van der Waals surface area contributed by atoms with Gasteiger partial charge in [-0.2, -0.15) is 0 Å². The molecule has 0 heterocycles. The summed E-state index contributed by atoms with van der Waals surface area (Å²) in [5.41, 5.74) is 0.657. The molecule has 0 aliphatic rings. The molecule has 0 saturated heterocycles. The lowest BCUT2D eigenvalue weighted by atomic mass is 9.88. The van der Waals surface area contributed by atoms with Crippen molar-refractivity contribution in [3.63, 3.8) is 0 Å². The minimum absolute atomic E-state index is 0.0333. The van der Waals surface area contributed by atoms with Gasteiger partial charge in [0.05, 0.1) is 7.11 Å². The van der Waals surface area contributed by atoms with Crippen LogP contribution in [-0.4, -0.2) is 31.4 Å². The van der Waals surface area contributed by atoms with Crippen LogP contribution in [0.4, 0.5) is 10.5 Å². The lowest BCUT2D eigenvalue weighted by Crippen LogP contribution is -2.36. The Kier molecular flexibility index (Phi) is 6.31. The lowest BCUT2D eigenvalue weighted by molar-refractivity contribution is 0.227. The van der Waals surface area contributed by atoms with Crippen LogP contribution in [0.2, 0.25) is 0 Å². The van der Waals surface area contributed by atoms with Crippen molar-refractivity contribution in [3.05, 3.63) is 24.3 Å². The molecule has 1 aromatic rings. The molecule has 0 unspecified atom stereocenters. The third kappa shape index (κ3) is 5.93. The van der Waals surface area contributed by atoms with Crippen LogP contribution < -0.4 is 15.4 Å². The summed E-state index contributed by atoms with van der Waals surface area (Å²) in [4.78, 5) is 11.8. The van der Waals surface area contributed by atoms with Gasteiger partial charge < -0.3 is 20.5 Å². The number of ether oxygens (including phenoxy) is 1. The number of methoxy groups -OCH3 is 1. The van der Waals surface area contributed by atoms with Crippen LogP contribution in [0, 0.1) is 5.41 Å². The van der Waals surface area contributed by atoms with Gasteiger partial charge in [0.1, 0.15) is 5.75 Å². The van der Waals surface area contributed by atoms with Crippen molar-refractivity contribution in [3.8, 4) is 5.75 Å². The van der Waals surface area contributed by atoms with Crippen LogP contribution in [0.15, 0.2) is 24.3 Å². The fraction of sp³-hybridized carbons (Fsp3) is 0.533. The van der Waals surface area contributed by atoms with E-state index >= 15 is 0 Å². The first-order chi connectivity index (χ1) is 9.46. The van der Waals surface area contributed by atoms with E-state index in [4.69, 9.17) is 9.84 Å². The van der Waals surface area contributed by atoms with Crippen molar-refractivity contribution in [2.24, 2.45) is 5.41 Å². The van der Waals surface area contributed by atoms with Crippen molar-refractivity contribution < 1.29 is 14.6 Å². The SMILES string of the molecule is COc1cccc(NC(=O)NCC(C)(C)CCCO)c1. The number of aliphatic hydroxyl groups excluding tert-OH is 1. The number of rotatable bonds is 7. The van der Waals surface area contributed by atoms with E-state index in [1.165, 1.54) is 0 Å². The fourth-order valence-electron chi connectivity index (χ4n) is 1.84. The molecule has 1 aromatic carbocycles. The number of hydrogen-bond acceptors (Lipinski definition) is 3. The van der Waals surface area contributed by atoms with E-state index in [1.54, 1.807) is 19.2 Å². The first-order valence-electron chi connectivity index (χ1n) is 6.76. The van der Waals surface area contributed by atoms with Crippen molar-refractivity contribution in [1.29, 1.82) is 0 Å². The molecule has 0 spiro atoms. The first-order valence-corrected chi connectivity index (χ1v) is 6.76. The maximum atomic E-state index is 11.8.